The van der Waals surface area contributed by atoms with Gasteiger partial charge >= 0.3 is 5.97 Å². The highest BCUT2D eigenvalue weighted by molar-refractivity contribution is 8.18. The van der Waals surface area contributed by atoms with Crippen LogP contribution >= 0.6 is 11.8 Å². The molecule has 2 fully saturated rings. The van der Waals surface area contributed by atoms with Gasteiger partial charge in [0.05, 0.1) is 12.0 Å². The monoisotopic (exact) mass is 389 g/mol. The summed E-state index contributed by atoms with van der Waals surface area (Å²) in [7, 11) is 1.51. The molecule has 1 heterocycles. The molecule has 0 bridgehead atoms. The molecule has 0 atom stereocenters. The molecule has 7 heteroatoms. The van der Waals surface area contributed by atoms with Gasteiger partial charge in [0, 0.05) is 6.42 Å². The molecular formula is C20H23NO5S. The summed E-state index contributed by atoms with van der Waals surface area (Å²) in [6, 6.07) is 5.05. The van der Waals surface area contributed by atoms with Gasteiger partial charge in [0.15, 0.2) is 11.5 Å². The van der Waals surface area contributed by atoms with E-state index in [0.29, 0.717) is 34.3 Å². The zero-order chi connectivity index (χ0) is 19.2. The van der Waals surface area contributed by atoms with Gasteiger partial charge in [-0.3, -0.25) is 19.7 Å². The number of benzene rings is 1. The van der Waals surface area contributed by atoms with Gasteiger partial charge in [-0.1, -0.05) is 38.2 Å². The third kappa shape index (κ3) is 5.35. The second kappa shape index (κ2) is 9.08. The molecule has 2 amide bonds. The molecule has 0 aromatic heterocycles. The lowest BCUT2D eigenvalue weighted by Crippen LogP contribution is -2.17. The number of carbonyl (C=O) groups is 3. The second-order valence-corrected chi connectivity index (χ2v) is 7.79. The maximum absolute atomic E-state index is 12.3. The Hall–Kier alpha value is -2.28. The molecule has 3 rings (SSSR count). The fourth-order valence-corrected chi connectivity index (χ4v) is 4.09. The Morgan fingerprint density at radius 1 is 1.22 bits per heavy atom. The third-order valence-electron chi connectivity index (χ3n) is 4.83. The predicted molar refractivity (Wildman–Crippen MR) is 104 cm³/mol. The van der Waals surface area contributed by atoms with E-state index in [0.717, 1.165) is 18.2 Å². The Morgan fingerprint density at radius 2 is 2.00 bits per heavy atom. The standard InChI is InChI=1S/C20H23NO5S/c1-25-15-9-7-14(12-17-19(23)21-20(24)27-17)11-16(15)26-18(22)10-8-13-5-3-2-4-6-13/h7,9,11-13H,2-6,8,10H2,1H3,(H,21,23,24)/b17-12-. The Morgan fingerprint density at radius 3 is 2.67 bits per heavy atom. The van der Waals surface area contributed by atoms with E-state index in [1.54, 1.807) is 24.3 Å². The summed E-state index contributed by atoms with van der Waals surface area (Å²) >= 11 is 0.845. The van der Waals surface area contributed by atoms with Crippen molar-refractivity contribution in [2.24, 2.45) is 5.92 Å². The lowest BCUT2D eigenvalue weighted by atomic mass is 9.86. The normalized spacial score (nSPS) is 19.2. The Kier molecular flexibility index (Phi) is 6.55. The van der Waals surface area contributed by atoms with Crippen LogP contribution in [0.15, 0.2) is 23.1 Å². The number of nitrogens with one attached hydrogen (secondary N) is 1. The van der Waals surface area contributed by atoms with Crippen molar-refractivity contribution in [2.75, 3.05) is 7.11 Å². The van der Waals surface area contributed by atoms with E-state index in [1.807, 2.05) is 0 Å². The zero-order valence-electron chi connectivity index (χ0n) is 15.3. The molecule has 2 aliphatic rings. The lowest BCUT2D eigenvalue weighted by molar-refractivity contribution is -0.134. The van der Waals surface area contributed by atoms with E-state index in [-0.39, 0.29) is 5.97 Å². The highest BCUT2D eigenvalue weighted by Crippen LogP contribution is 2.32. The molecule has 0 unspecified atom stereocenters. The number of amides is 2. The molecule has 0 spiro atoms. The van der Waals surface area contributed by atoms with Gasteiger partial charge in [-0.05, 0) is 47.9 Å². The lowest BCUT2D eigenvalue weighted by Gasteiger charge is -2.20. The van der Waals surface area contributed by atoms with Crippen molar-refractivity contribution in [3.8, 4) is 11.5 Å². The quantitative estimate of drug-likeness (QED) is 0.444. The molecule has 6 nitrogen and oxygen atoms in total. The van der Waals surface area contributed by atoms with Crippen LogP contribution in [0.25, 0.3) is 6.08 Å². The zero-order valence-corrected chi connectivity index (χ0v) is 16.1. The second-order valence-electron chi connectivity index (χ2n) is 6.78. The van der Waals surface area contributed by atoms with E-state index in [4.69, 9.17) is 9.47 Å². The molecule has 1 aliphatic heterocycles. The maximum Gasteiger partial charge on any atom is 0.311 e. The van der Waals surface area contributed by atoms with Crippen molar-refractivity contribution in [3.63, 3.8) is 0 Å². The molecule has 1 saturated heterocycles. The summed E-state index contributed by atoms with van der Waals surface area (Å²) < 4.78 is 10.8. The number of hydrogen-bond donors (Lipinski definition) is 1. The van der Waals surface area contributed by atoms with Gasteiger partial charge in [0.2, 0.25) is 0 Å². The highest BCUT2D eigenvalue weighted by Gasteiger charge is 2.25. The smallest absolute Gasteiger partial charge is 0.311 e. The van der Waals surface area contributed by atoms with Crippen LogP contribution in [-0.4, -0.2) is 24.2 Å². The summed E-state index contributed by atoms with van der Waals surface area (Å²) in [5, 5.41) is 1.82. The Balaban J connectivity index is 1.66. The first-order chi connectivity index (χ1) is 13.0. The van der Waals surface area contributed by atoms with Gasteiger partial charge in [0.1, 0.15) is 0 Å². The Bertz CT molecular complexity index is 768. The molecule has 0 radical (unpaired) electrons. The fraction of sp³-hybridized carbons (Fsp3) is 0.450. The minimum absolute atomic E-state index is 0.285. The molecule has 144 valence electrons. The predicted octanol–water partition coefficient (Wildman–Crippen LogP) is 4.29. The number of methoxy groups -OCH3 is 1. The number of ether oxygens (including phenoxy) is 2. The molecule has 1 saturated carbocycles. The van der Waals surface area contributed by atoms with Gasteiger partial charge in [-0.25, -0.2) is 0 Å². The number of carbonyl (C=O) groups excluding carboxylic acids is 3. The minimum atomic E-state index is -0.424. The van der Waals surface area contributed by atoms with Crippen LogP contribution < -0.4 is 14.8 Å². The van der Waals surface area contributed by atoms with Crippen LogP contribution in [0, 0.1) is 5.92 Å². The van der Waals surface area contributed by atoms with Crippen LogP contribution in [0.3, 0.4) is 0 Å². The van der Waals surface area contributed by atoms with Crippen LogP contribution in [0.2, 0.25) is 0 Å². The summed E-state index contributed by atoms with van der Waals surface area (Å²) in [5.74, 6) is 0.663. The Labute approximate surface area is 162 Å². The van der Waals surface area contributed by atoms with Crippen LogP contribution in [0.1, 0.15) is 50.5 Å². The maximum atomic E-state index is 12.3. The molecule has 1 aromatic carbocycles. The molecular weight excluding hydrogens is 366 g/mol. The van der Waals surface area contributed by atoms with E-state index >= 15 is 0 Å². The van der Waals surface area contributed by atoms with E-state index < -0.39 is 11.1 Å². The van der Waals surface area contributed by atoms with Crippen molar-refractivity contribution in [3.05, 3.63) is 28.7 Å². The minimum Gasteiger partial charge on any atom is -0.493 e. The summed E-state index contributed by atoms with van der Waals surface area (Å²) in [6.45, 7) is 0. The summed E-state index contributed by atoms with van der Waals surface area (Å²) in [4.78, 5) is 35.5. The van der Waals surface area contributed by atoms with E-state index in [1.165, 1.54) is 39.2 Å². The van der Waals surface area contributed by atoms with Crippen molar-refractivity contribution >= 4 is 35.0 Å². The molecule has 1 N–H and O–H groups in total. The first-order valence-corrected chi connectivity index (χ1v) is 10.0. The van der Waals surface area contributed by atoms with Crippen LogP contribution in [-0.2, 0) is 9.59 Å². The highest BCUT2D eigenvalue weighted by atomic mass is 32.2. The first kappa shape index (κ1) is 19.5. The van der Waals surface area contributed by atoms with Gasteiger partial charge < -0.3 is 9.47 Å². The van der Waals surface area contributed by atoms with Crippen molar-refractivity contribution in [1.29, 1.82) is 0 Å². The van der Waals surface area contributed by atoms with Crippen molar-refractivity contribution < 1.29 is 23.9 Å². The average molecular weight is 389 g/mol. The van der Waals surface area contributed by atoms with Gasteiger partial charge in [-0.15, -0.1) is 0 Å². The SMILES string of the molecule is COc1ccc(/C=C2\SC(=O)NC2=O)cc1OC(=O)CCC1CCCCC1. The number of rotatable bonds is 6. The largest absolute Gasteiger partial charge is 0.493 e. The van der Waals surface area contributed by atoms with E-state index in [9.17, 15) is 14.4 Å². The van der Waals surface area contributed by atoms with Crippen molar-refractivity contribution in [2.45, 2.75) is 44.9 Å². The topological polar surface area (TPSA) is 81.7 Å². The molecule has 27 heavy (non-hydrogen) atoms. The number of thioether (sulfide) groups is 1. The third-order valence-corrected chi connectivity index (χ3v) is 5.64. The van der Waals surface area contributed by atoms with Crippen LogP contribution in [0.4, 0.5) is 4.79 Å². The summed E-state index contributed by atoms with van der Waals surface area (Å²) in [5.41, 5.74) is 0.651. The van der Waals surface area contributed by atoms with Crippen LogP contribution in [0.5, 0.6) is 11.5 Å². The summed E-state index contributed by atoms with van der Waals surface area (Å²) in [6.07, 6.45) is 8.99. The first-order valence-electron chi connectivity index (χ1n) is 9.18. The van der Waals surface area contributed by atoms with E-state index in [2.05, 4.69) is 5.32 Å². The van der Waals surface area contributed by atoms with Gasteiger partial charge in [0.25, 0.3) is 11.1 Å². The number of imide groups is 1. The number of hydrogen-bond acceptors (Lipinski definition) is 6. The van der Waals surface area contributed by atoms with Gasteiger partial charge in [-0.2, -0.15) is 0 Å². The molecule has 1 aliphatic carbocycles. The number of esters is 1. The average Bonchev–Trinajstić information content (AvgIpc) is 2.98. The van der Waals surface area contributed by atoms with Crippen molar-refractivity contribution in [1.82, 2.24) is 5.32 Å². The molecule has 1 aromatic rings. The fourth-order valence-electron chi connectivity index (χ4n) is 3.41.